The van der Waals surface area contributed by atoms with Crippen LogP contribution in [0.4, 0.5) is 0 Å². The number of rotatable bonds is 5. The zero-order valence-electron chi connectivity index (χ0n) is 19.8. The number of ether oxygens (including phenoxy) is 1. The Hall–Kier alpha value is -2.22. The van der Waals surface area contributed by atoms with Crippen molar-refractivity contribution in [3.8, 4) is 17.9 Å². The van der Waals surface area contributed by atoms with Gasteiger partial charge in [-0.3, -0.25) is 9.59 Å². The van der Waals surface area contributed by atoms with Gasteiger partial charge in [-0.1, -0.05) is 56.3 Å². The standard InChI is InChI=1S/C27H30N2O3S2/c1-16-3-7-18(8-4-16)22(30)13-20-11-12-23(32-26(31)19-9-5-17(2)6-10-19)25-24(20)33-27(34-25)21(14-28)15-29/h11-12,16-19H,3-10,13H2,1-2H3. The molecule has 34 heavy (non-hydrogen) atoms. The second-order valence-electron chi connectivity index (χ2n) is 9.95. The number of hydrogen-bond donors (Lipinski definition) is 0. The lowest BCUT2D eigenvalue weighted by Gasteiger charge is -2.25. The molecule has 0 bridgehead atoms. The van der Waals surface area contributed by atoms with Crippen LogP contribution < -0.4 is 4.74 Å². The van der Waals surface area contributed by atoms with E-state index in [1.165, 1.54) is 23.5 Å². The van der Waals surface area contributed by atoms with Gasteiger partial charge in [-0.05, 0) is 62.0 Å². The minimum atomic E-state index is -0.210. The molecule has 0 aromatic heterocycles. The van der Waals surface area contributed by atoms with Crippen molar-refractivity contribution in [3.63, 3.8) is 0 Å². The summed E-state index contributed by atoms with van der Waals surface area (Å²) < 4.78 is 6.45. The van der Waals surface area contributed by atoms with Crippen molar-refractivity contribution >= 4 is 35.3 Å². The number of benzene rings is 1. The van der Waals surface area contributed by atoms with Gasteiger partial charge in [0.05, 0.1) is 15.1 Å². The molecule has 0 amide bonds. The zero-order valence-corrected chi connectivity index (χ0v) is 21.4. The molecule has 0 spiro atoms. The summed E-state index contributed by atoms with van der Waals surface area (Å²) in [7, 11) is 0. The molecule has 2 saturated carbocycles. The zero-order chi connectivity index (χ0) is 24.2. The Morgan fingerprint density at radius 3 is 2.03 bits per heavy atom. The highest BCUT2D eigenvalue weighted by molar-refractivity contribution is 8.24. The van der Waals surface area contributed by atoms with Crippen molar-refractivity contribution in [3.05, 3.63) is 27.5 Å². The predicted octanol–water partition coefficient (Wildman–Crippen LogP) is 6.81. The van der Waals surface area contributed by atoms with Crippen LogP contribution in [0.15, 0.2) is 31.7 Å². The van der Waals surface area contributed by atoms with Gasteiger partial charge in [0.2, 0.25) is 0 Å². The Morgan fingerprint density at radius 1 is 0.882 bits per heavy atom. The first-order valence-corrected chi connectivity index (χ1v) is 13.8. The van der Waals surface area contributed by atoms with Gasteiger partial charge in [0.1, 0.15) is 29.2 Å². The second-order valence-corrected chi connectivity index (χ2v) is 12.2. The summed E-state index contributed by atoms with van der Waals surface area (Å²) in [6.07, 6.45) is 8.14. The van der Waals surface area contributed by atoms with Crippen LogP contribution in [0.25, 0.3) is 0 Å². The molecular formula is C27H30N2O3S2. The smallest absolute Gasteiger partial charge is 0.314 e. The summed E-state index contributed by atoms with van der Waals surface area (Å²) >= 11 is 2.64. The van der Waals surface area contributed by atoms with Crippen LogP contribution >= 0.6 is 23.5 Å². The van der Waals surface area contributed by atoms with Crippen LogP contribution in [0.5, 0.6) is 5.75 Å². The minimum Gasteiger partial charge on any atom is -0.425 e. The predicted molar refractivity (Wildman–Crippen MR) is 133 cm³/mol. The third-order valence-electron chi connectivity index (χ3n) is 7.37. The number of hydrogen-bond acceptors (Lipinski definition) is 7. The molecule has 1 aromatic carbocycles. The lowest BCUT2D eigenvalue weighted by molar-refractivity contribution is -0.140. The fourth-order valence-electron chi connectivity index (χ4n) is 5.04. The summed E-state index contributed by atoms with van der Waals surface area (Å²) in [6.45, 7) is 4.46. The van der Waals surface area contributed by atoms with Crippen molar-refractivity contribution in [2.75, 3.05) is 0 Å². The van der Waals surface area contributed by atoms with Gasteiger partial charge in [0, 0.05) is 17.2 Å². The highest BCUT2D eigenvalue weighted by Crippen LogP contribution is 2.57. The van der Waals surface area contributed by atoms with E-state index < -0.39 is 0 Å². The van der Waals surface area contributed by atoms with E-state index in [9.17, 15) is 20.1 Å². The first-order chi connectivity index (χ1) is 16.4. The maximum absolute atomic E-state index is 13.1. The third-order valence-corrected chi connectivity index (χ3v) is 10.1. The Morgan fingerprint density at radius 2 is 1.44 bits per heavy atom. The minimum absolute atomic E-state index is 0.0447. The molecule has 5 nitrogen and oxygen atoms in total. The Bertz CT molecular complexity index is 999. The van der Waals surface area contributed by atoms with Crippen molar-refractivity contribution in [1.29, 1.82) is 10.5 Å². The highest BCUT2D eigenvalue weighted by Gasteiger charge is 2.32. The molecule has 2 fully saturated rings. The number of esters is 1. The van der Waals surface area contributed by atoms with Crippen LogP contribution in [-0.2, 0) is 16.0 Å². The molecule has 3 aliphatic rings. The van der Waals surface area contributed by atoms with Crippen LogP contribution in [0.3, 0.4) is 0 Å². The molecule has 0 unspecified atom stereocenters. The number of carbonyl (C=O) groups excluding carboxylic acids is 2. The van der Waals surface area contributed by atoms with Gasteiger partial charge in [0.25, 0.3) is 0 Å². The molecule has 1 aliphatic heterocycles. The van der Waals surface area contributed by atoms with Crippen molar-refractivity contribution < 1.29 is 14.3 Å². The van der Waals surface area contributed by atoms with E-state index in [1.807, 2.05) is 18.2 Å². The van der Waals surface area contributed by atoms with Crippen LogP contribution in [0.1, 0.15) is 70.8 Å². The average Bonchev–Trinajstić information content (AvgIpc) is 3.28. The summed E-state index contributed by atoms with van der Waals surface area (Å²) in [4.78, 5) is 27.5. The van der Waals surface area contributed by atoms with Gasteiger partial charge in [-0.15, -0.1) is 0 Å². The number of allylic oxidation sites excluding steroid dienone is 1. The van der Waals surface area contributed by atoms with E-state index in [2.05, 4.69) is 13.8 Å². The van der Waals surface area contributed by atoms with E-state index in [4.69, 9.17) is 4.74 Å². The molecule has 4 rings (SSSR count). The number of fused-ring (bicyclic) bond motifs is 1. The van der Waals surface area contributed by atoms with Gasteiger partial charge < -0.3 is 4.74 Å². The summed E-state index contributed by atoms with van der Waals surface area (Å²) in [5.74, 6) is 1.84. The molecular weight excluding hydrogens is 464 g/mol. The first-order valence-electron chi connectivity index (χ1n) is 12.2. The van der Waals surface area contributed by atoms with E-state index in [-0.39, 0.29) is 29.2 Å². The molecule has 0 N–H and O–H groups in total. The van der Waals surface area contributed by atoms with Gasteiger partial charge in [-0.25, -0.2) is 0 Å². The fraction of sp³-hybridized carbons (Fsp3) is 0.556. The summed E-state index contributed by atoms with van der Waals surface area (Å²) in [5.41, 5.74) is 0.927. The molecule has 1 heterocycles. The van der Waals surface area contributed by atoms with Gasteiger partial charge in [0.15, 0.2) is 0 Å². The summed E-state index contributed by atoms with van der Waals surface area (Å²) in [6, 6.07) is 7.58. The van der Waals surface area contributed by atoms with E-state index in [0.29, 0.717) is 28.2 Å². The second kappa shape index (κ2) is 11.0. The van der Waals surface area contributed by atoms with Crippen molar-refractivity contribution in [2.24, 2.45) is 23.7 Å². The molecule has 0 atom stereocenters. The largest absolute Gasteiger partial charge is 0.425 e. The van der Waals surface area contributed by atoms with Crippen LogP contribution in [0, 0.1) is 46.3 Å². The number of Topliss-reactive ketones (excluding diaryl/α,β-unsaturated/α-hetero) is 1. The first kappa shape index (κ1) is 24.9. The normalized spacial score (nSPS) is 26.2. The number of nitriles is 2. The number of ketones is 1. The van der Waals surface area contributed by atoms with Gasteiger partial charge in [-0.2, -0.15) is 10.5 Å². The molecule has 0 saturated heterocycles. The third kappa shape index (κ3) is 5.53. The Kier molecular flexibility index (Phi) is 8.06. The van der Waals surface area contributed by atoms with E-state index in [0.717, 1.165) is 66.7 Å². The topological polar surface area (TPSA) is 90.9 Å². The quantitative estimate of drug-likeness (QED) is 0.252. The fourth-order valence-corrected chi connectivity index (χ4v) is 7.61. The van der Waals surface area contributed by atoms with E-state index >= 15 is 0 Å². The van der Waals surface area contributed by atoms with Crippen LogP contribution in [-0.4, -0.2) is 11.8 Å². The maximum atomic E-state index is 13.1. The molecule has 2 aliphatic carbocycles. The highest BCUT2D eigenvalue weighted by atomic mass is 32.2. The Balaban J connectivity index is 1.58. The molecule has 1 aromatic rings. The SMILES string of the molecule is CC1CCC(C(=O)Cc2ccc(OC(=O)C3CCC(C)CC3)c3c2SC(=C(C#N)C#N)S3)CC1. The van der Waals surface area contributed by atoms with Crippen LogP contribution in [0.2, 0.25) is 0 Å². The average molecular weight is 495 g/mol. The van der Waals surface area contributed by atoms with Gasteiger partial charge >= 0.3 is 5.97 Å². The summed E-state index contributed by atoms with van der Waals surface area (Å²) in [5, 5.41) is 18.8. The maximum Gasteiger partial charge on any atom is 0.314 e. The Labute approximate surface area is 210 Å². The number of carbonyl (C=O) groups is 2. The molecule has 7 heteroatoms. The van der Waals surface area contributed by atoms with Crippen molar-refractivity contribution in [1.82, 2.24) is 0 Å². The molecule has 0 radical (unpaired) electrons. The number of nitrogens with zero attached hydrogens (tertiary/aromatic N) is 2. The lowest BCUT2D eigenvalue weighted by atomic mass is 9.79. The lowest BCUT2D eigenvalue weighted by Crippen LogP contribution is -2.25. The van der Waals surface area contributed by atoms with Crippen molar-refractivity contribution in [2.45, 2.75) is 81.4 Å². The number of thioether (sulfide) groups is 2. The van der Waals surface area contributed by atoms with E-state index in [1.54, 1.807) is 6.07 Å². The monoisotopic (exact) mass is 494 g/mol. The molecule has 178 valence electrons.